The van der Waals surface area contributed by atoms with Crippen molar-refractivity contribution in [1.29, 1.82) is 0 Å². The summed E-state index contributed by atoms with van der Waals surface area (Å²) in [7, 11) is 0. The second kappa shape index (κ2) is 9.81. The van der Waals surface area contributed by atoms with Crippen LogP contribution in [0.15, 0.2) is 73.1 Å². The molecule has 7 heteroatoms. The quantitative estimate of drug-likeness (QED) is 0.431. The van der Waals surface area contributed by atoms with Gasteiger partial charge in [0.05, 0.1) is 6.20 Å². The normalized spacial score (nSPS) is 13.8. The van der Waals surface area contributed by atoms with E-state index in [0.717, 1.165) is 49.1 Å². The number of nitrogens with one attached hydrogen (secondary N) is 1. The average molecular weight is 443 g/mol. The molecule has 0 aliphatic carbocycles. The first-order valence-corrected chi connectivity index (χ1v) is 11.5. The highest BCUT2D eigenvalue weighted by Gasteiger charge is 2.19. The molecule has 1 fully saturated rings. The van der Waals surface area contributed by atoms with Gasteiger partial charge in [0.2, 0.25) is 5.95 Å². The lowest BCUT2D eigenvalue weighted by atomic mass is 10.1. The molecule has 0 atom stereocenters. The number of piperidine rings is 1. The van der Waals surface area contributed by atoms with Crippen molar-refractivity contribution in [2.45, 2.75) is 25.7 Å². The van der Waals surface area contributed by atoms with Crippen molar-refractivity contribution in [3.63, 3.8) is 0 Å². The Kier molecular flexibility index (Phi) is 6.28. The molecule has 6 nitrogen and oxygen atoms in total. The third-order valence-electron chi connectivity index (χ3n) is 5.90. The van der Waals surface area contributed by atoms with Crippen molar-refractivity contribution in [2.24, 2.45) is 0 Å². The molecule has 168 valence electrons. The van der Waals surface area contributed by atoms with E-state index >= 15 is 0 Å². The minimum atomic E-state index is -0.264. The summed E-state index contributed by atoms with van der Waals surface area (Å²) < 4.78 is 15.5. The molecule has 1 aliphatic heterocycles. The Balaban J connectivity index is 1.42. The van der Waals surface area contributed by atoms with Crippen molar-refractivity contribution in [3.05, 3.63) is 84.4 Å². The SMILES string of the molecule is Fc1ccc(-c2nc(N3CCCCC3)cn2-c2ccnc(NCCc3ccccc3)n2)cc1. The van der Waals surface area contributed by atoms with Crippen LogP contribution in [-0.2, 0) is 6.42 Å². The smallest absolute Gasteiger partial charge is 0.224 e. The summed E-state index contributed by atoms with van der Waals surface area (Å²) >= 11 is 0. The molecule has 0 spiro atoms. The standard InChI is InChI=1S/C26H27FN6/c27-22-11-9-21(10-12-22)25-30-24(32-17-5-2-6-18-32)19-33(25)23-14-16-29-26(31-23)28-15-13-20-7-3-1-4-8-20/h1,3-4,7-12,14,16,19H,2,5-6,13,15,17-18H2,(H,28,29,31). The van der Waals surface area contributed by atoms with Gasteiger partial charge in [-0.2, -0.15) is 4.98 Å². The van der Waals surface area contributed by atoms with E-state index in [9.17, 15) is 4.39 Å². The van der Waals surface area contributed by atoms with Gasteiger partial charge in [0, 0.05) is 31.4 Å². The van der Waals surface area contributed by atoms with Gasteiger partial charge in [-0.05, 0) is 61.6 Å². The van der Waals surface area contributed by atoms with Crippen LogP contribution in [0.5, 0.6) is 0 Å². The molecule has 1 aliphatic rings. The number of aromatic nitrogens is 4. The van der Waals surface area contributed by atoms with Crippen LogP contribution in [0.2, 0.25) is 0 Å². The molecule has 5 rings (SSSR count). The number of nitrogens with zero attached hydrogens (tertiary/aromatic N) is 5. The predicted octanol–water partition coefficient (Wildman–Crippen LogP) is 5.11. The van der Waals surface area contributed by atoms with Gasteiger partial charge in [-0.3, -0.25) is 4.57 Å². The van der Waals surface area contributed by atoms with Gasteiger partial charge in [0.25, 0.3) is 0 Å². The lowest BCUT2D eigenvalue weighted by Gasteiger charge is -2.26. The van der Waals surface area contributed by atoms with Crippen molar-refractivity contribution < 1.29 is 4.39 Å². The molecule has 3 heterocycles. The highest BCUT2D eigenvalue weighted by Crippen LogP contribution is 2.28. The minimum Gasteiger partial charge on any atom is -0.355 e. The highest BCUT2D eigenvalue weighted by molar-refractivity contribution is 5.62. The topological polar surface area (TPSA) is 58.9 Å². The Labute approximate surface area is 193 Å². The Morgan fingerprint density at radius 2 is 1.64 bits per heavy atom. The number of imidazole rings is 1. The fourth-order valence-electron chi connectivity index (χ4n) is 4.15. The van der Waals surface area contributed by atoms with Crippen LogP contribution < -0.4 is 10.2 Å². The van der Waals surface area contributed by atoms with E-state index in [-0.39, 0.29) is 5.82 Å². The van der Waals surface area contributed by atoms with E-state index in [1.165, 1.54) is 37.0 Å². The van der Waals surface area contributed by atoms with Gasteiger partial charge in [-0.15, -0.1) is 0 Å². The first-order valence-electron chi connectivity index (χ1n) is 11.5. The maximum Gasteiger partial charge on any atom is 0.224 e. The Morgan fingerprint density at radius 3 is 2.42 bits per heavy atom. The van der Waals surface area contributed by atoms with Crippen molar-refractivity contribution in [1.82, 2.24) is 19.5 Å². The predicted molar refractivity (Wildman–Crippen MR) is 129 cm³/mol. The van der Waals surface area contributed by atoms with E-state index in [1.54, 1.807) is 18.3 Å². The van der Waals surface area contributed by atoms with Crippen molar-refractivity contribution >= 4 is 11.8 Å². The molecule has 33 heavy (non-hydrogen) atoms. The summed E-state index contributed by atoms with van der Waals surface area (Å²) in [4.78, 5) is 16.4. The fourth-order valence-corrected chi connectivity index (χ4v) is 4.15. The van der Waals surface area contributed by atoms with E-state index in [4.69, 9.17) is 9.97 Å². The van der Waals surface area contributed by atoms with Crippen LogP contribution in [0.25, 0.3) is 17.2 Å². The summed E-state index contributed by atoms with van der Waals surface area (Å²) in [5, 5.41) is 3.32. The van der Waals surface area contributed by atoms with Gasteiger partial charge in [-0.1, -0.05) is 30.3 Å². The van der Waals surface area contributed by atoms with E-state index < -0.39 is 0 Å². The molecule has 0 saturated carbocycles. The molecule has 0 amide bonds. The van der Waals surface area contributed by atoms with Crippen LogP contribution in [0, 0.1) is 5.82 Å². The second-order valence-corrected chi connectivity index (χ2v) is 8.25. The number of anilines is 2. The summed E-state index contributed by atoms with van der Waals surface area (Å²) in [6.07, 6.45) is 8.26. The maximum absolute atomic E-state index is 13.6. The molecule has 1 saturated heterocycles. The van der Waals surface area contributed by atoms with Crippen molar-refractivity contribution in [3.8, 4) is 17.2 Å². The molecule has 2 aromatic heterocycles. The van der Waals surface area contributed by atoms with Crippen LogP contribution in [-0.4, -0.2) is 39.2 Å². The molecular formula is C26H27FN6. The second-order valence-electron chi connectivity index (χ2n) is 8.25. The maximum atomic E-state index is 13.6. The van der Waals surface area contributed by atoms with Crippen LogP contribution in [0.3, 0.4) is 0 Å². The van der Waals surface area contributed by atoms with Crippen LogP contribution >= 0.6 is 0 Å². The number of benzene rings is 2. The van der Waals surface area contributed by atoms with E-state index in [0.29, 0.717) is 5.95 Å². The lowest BCUT2D eigenvalue weighted by Crippen LogP contribution is -2.29. The monoisotopic (exact) mass is 442 g/mol. The Bertz CT molecular complexity index is 1180. The number of hydrogen-bond acceptors (Lipinski definition) is 5. The number of hydrogen-bond donors (Lipinski definition) is 1. The number of halogens is 1. The zero-order chi connectivity index (χ0) is 22.5. The van der Waals surface area contributed by atoms with Crippen molar-refractivity contribution in [2.75, 3.05) is 29.9 Å². The van der Waals surface area contributed by atoms with Gasteiger partial charge in [-0.25, -0.2) is 14.4 Å². The molecular weight excluding hydrogens is 415 g/mol. The van der Waals surface area contributed by atoms with E-state index in [1.807, 2.05) is 35.0 Å². The molecule has 0 radical (unpaired) electrons. The molecule has 2 aromatic carbocycles. The third kappa shape index (κ3) is 5.03. The van der Waals surface area contributed by atoms with Gasteiger partial charge in [0.15, 0.2) is 0 Å². The zero-order valence-corrected chi connectivity index (χ0v) is 18.5. The molecule has 0 unspecified atom stereocenters. The Hall–Kier alpha value is -3.74. The Morgan fingerprint density at radius 1 is 0.848 bits per heavy atom. The first kappa shape index (κ1) is 21.1. The lowest BCUT2D eigenvalue weighted by molar-refractivity contribution is 0.574. The summed E-state index contributed by atoms with van der Waals surface area (Å²) in [5.74, 6) is 2.69. The molecule has 1 N–H and O–H groups in total. The molecule has 4 aromatic rings. The fraction of sp³-hybridized carbons (Fsp3) is 0.269. The average Bonchev–Trinajstić information content (AvgIpc) is 3.32. The largest absolute Gasteiger partial charge is 0.355 e. The van der Waals surface area contributed by atoms with Gasteiger partial charge in [0.1, 0.15) is 23.3 Å². The molecule has 0 bridgehead atoms. The summed E-state index contributed by atoms with van der Waals surface area (Å²) in [5.41, 5.74) is 2.11. The third-order valence-corrected chi connectivity index (χ3v) is 5.90. The highest BCUT2D eigenvalue weighted by atomic mass is 19.1. The van der Waals surface area contributed by atoms with Crippen LogP contribution in [0.1, 0.15) is 24.8 Å². The first-order chi connectivity index (χ1) is 16.3. The number of rotatable bonds is 7. The summed E-state index contributed by atoms with van der Waals surface area (Å²) in [6, 6.07) is 18.6. The summed E-state index contributed by atoms with van der Waals surface area (Å²) in [6.45, 7) is 2.73. The zero-order valence-electron chi connectivity index (χ0n) is 18.5. The van der Waals surface area contributed by atoms with E-state index in [2.05, 4.69) is 27.3 Å². The van der Waals surface area contributed by atoms with Crippen LogP contribution in [0.4, 0.5) is 16.2 Å². The van der Waals surface area contributed by atoms with Gasteiger partial charge >= 0.3 is 0 Å². The minimum absolute atomic E-state index is 0.264. The van der Waals surface area contributed by atoms with Gasteiger partial charge < -0.3 is 10.2 Å².